The van der Waals surface area contributed by atoms with Crippen LogP contribution in [0.1, 0.15) is 29.5 Å². The molecular weight excluding hydrogens is 484 g/mol. The second kappa shape index (κ2) is 14.0. The largest absolute Gasteiger partial charge is 0.497 e. The zero-order valence-electron chi connectivity index (χ0n) is 23.6. The second-order valence-corrected chi connectivity index (χ2v) is 11.4. The van der Waals surface area contributed by atoms with Crippen molar-refractivity contribution in [3.8, 4) is 5.75 Å². The van der Waals surface area contributed by atoms with Crippen molar-refractivity contribution in [3.05, 3.63) is 53.1 Å². The maximum atomic E-state index is 12.6. The molecule has 1 fully saturated rings. The molecule has 3 rings (SSSR count). The van der Waals surface area contributed by atoms with E-state index in [0.717, 1.165) is 30.9 Å². The number of nitrogens with zero attached hydrogens (tertiary/aromatic N) is 4. The van der Waals surface area contributed by atoms with E-state index in [1.807, 2.05) is 14.1 Å². The molecule has 0 saturated carbocycles. The fraction of sp³-hybridized carbons (Fsp3) is 0.552. The molecule has 1 heterocycles. The summed E-state index contributed by atoms with van der Waals surface area (Å²) < 4.78 is 13.2. The third-order valence-corrected chi connectivity index (χ3v) is 8.36. The summed E-state index contributed by atoms with van der Waals surface area (Å²) in [5, 5.41) is 0. The predicted molar refractivity (Wildman–Crippen MR) is 154 cm³/mol. The van der Waals surface area contributed by atoms with E-state index in [2.05, 4.69) is 78.4 Å². The van der Waals surface area contributed by atoms with Gasteiger partial charge in [-0.05, 0) is 101 Å². The first kappa shape index (κ1) is 29.3. The van der Waals surface area contributed by atoms with Gasteiger partial charge in [0, 0.05) is 49.9 Å². The third-order valence-electron chi connectivity index (χ3n) is 7.03. The third kappa shape index (κ3) is 8.64. The van der Waals surface area contributed by atoms with Crippen LogP contribution in [-0.4, -0.2) is 94.2 Å². The summed E-state index contributed by atoms with van der Waals surface area (Å²) in [6.45, 7) is 8.26. The van der Waals surface area contributed by atoms with Crippen LogP contribution in [0.5, 0.6) is 5.75 Å². The number of hydrogen-bond donors (Lipinski definition) is 0. The minimum absolute atomic E-state index is 0.00742. The smallest absolute Gasteiger partial charge is 0.248 e. The zero-order chi connectivity index (χ0) is 26.9. The fourth-order valence-corrected chi connectivity index (χ4v) is 5.53. The van der Waals surface area contributed by atoms with Gasteiger partial charge < -0.3 is 24.2 Å². The van der Waals surface area contributed by atoms with Gasteiger partial charge in [0.05, 0.1) is 13.7 Å². The van der Waals surface area contributed by atoms with Gasteiger partial charge in [0.1, 0.15) is 12.4 Å². The molecule has 0 unspecified atom stereocenters. The van der Waals surface area contributed by atoms with Gasteiger partial charge in [0.2, 0.25) is 5.91 Å². The molecule has 204 valence electrons. The zero-order valence-corrected chi connectivity index (χ0v) is 24.4. The van der Waals surface area contributed by atoms with E-state index in [4.69, 9.17) is 9.47 Å². The number of hydrogen-bond acceptors (Lipinski definition) is 7. The molecule has 8 heteroatoms. The quantitative estimate of drug-likeness (QED) is 0.298. The Morgan fingerprint density at radius 3 is 2.22 bits per heavy atom. The second-order valence-electron chi connectivity index (χ2n) is 10.2. The highest BCUT2D eigenvalue weighted by atomic mass is 32.2. The summed E-state index contributed by atoms with van der Waals surface area (Å²) in [6, 6.07) is 13.4. The number of ether oxygens (including phenoxy) is 2. The average molecular weight is 529 g/mol. The van der Waals surface area contributed by atoms with Crippen LogP contribution in [0.15, 0.2) is 41.3 Å². The molecular formula is C29H44N4O3S. The average Bonchev–Trinajstić information content (AvgIpc) is 2.88. The van der Waals surface area contributed by atoms with E-state index in [1.54, 1.807) is 24.0 Å². The van der Waals surface area contributed by atoms with E-state index in [-0.39, 0.29) is 12.5 Å². The van der Waals surface area contributed by atoms with Crippen molar-refractivity contribution in [1.29, 1.82) is 0 Å². The highest BCUT2D eigenvalue weighted by Gasteiger charge is 2.20. The number of likely N-dealkylation sites (N-methyl/N-ethyl adjacent to an activating group) is 2. The molecule has 37 heavy (non-hydrogen) atoms. The Balaban J connectivity index is 1.37. The number of carbonyl (C=O) groups is 1. The van der Waals surface area contributed by atoms with E-state index in [9.17, 15) is 4.79 Å². The lowest BCUT2D eigenvalue weighted by Crippen LogP contribution is -2.41. The van der Waals surface area contributed by atoms with Crippen LogP contribution >= 0.6 is 11.9 Å². The summed E-state index contributed by atoms with van der Waals surface area (Å²) >= 11 is 1.69. The molecule has 0 atom stereocenters. The van der Waals surface area contributed by atoms with Crippen molar-refractivity contribution in [3.63, 3.8) is 0 Å². The summed E-state index contributed by atoms with van der Waals surface area (Å²) in [5.41, 5.74) is 4.77. The molecule has 1 amide bonds. The molecule has 0 aromatic heterocycles. The van der Waals surface area contributed by atoms with Gasteiger partial charge >= 0.3 is 0 Å². The number of methoxy groups -OCH3 is 1. The Labute approximate surface area is 227 Å². The monoisotopic (exact) mass is 528 g/mol. The minimum atomic E-state index is -0.00742. The summed E-state index contributed by atoms with van der Waals surface area (Å²) in [4.78, 5) is 20.3. The summed E-state index contributed by atoms with van der Waals surface area (Å²) in [5.74, 6) is 0.871. The first-order chi connectivity index (χ1) is 17.7. The van der Waals surface area contributed by atoms with Crippen molar-refractivity contribution < 1.29 is 14.3 Å². The van der Waals surface area contributed by atoms with Crippen LogP contribution in [0.3, 0.4) is 0 Å². The number of benzene rings is 2. The number of carbonyl (C=O) groups excluding carboxylic acids is 1. The summed E-state index contributed by atoms with van der Waals surface area (Å²) in [7, 11) is 9.90. The molecule has 1 aliphatic heterocycles. The molecule has 7 nitrogen and oxygen atoms in total. The molecule has 2 aromatic rings. The van der Waals surface area contributed by atoms with E-state index in [0.29, 0.717) is 19.2 Å². The van der Waals surface area contributed by atoms with Gasteiger partial charge in [-0.2, -0.15) is 0 Å². The molecule has 0 aliphatic carbocycles. The molecule has 0 bridgehead atoms. The van der Waals surface area contributed by atoms with Crippen LogP contribution in [0, 0.1) is 13.8 Å². The van der Waals surface area contributed by atoms with Crippen molar-refractivity contribution in [2.45, 2.75) is 44.2 Å². The Morgan fingerprint density at radius 2 is 1.65 bits per heavy atom. The SMILES string of the molecule is COc1cc(C)c(SN(C)CCOCC(=O)N(C)Cc2ccc(N3CCC(N(C)C)CC3)cc2)c(C)c1. The predicted octanol–water partition coefficient (Wildman–Crippen LogP) is 4.46. The molecule has 2 aromatic carbocycles. The van der Waals surface area contributed by atoms with Crippen molar-refractivity contribution in [2.24, 2.45) is 0 Å². The van der Waals surface area contributed by atoms with Gasteiger partial charge in [-0.3, -0.25) is 4.79 Å². The van der Waals surface area contributed by atoms with E-state index >= 15 is 0 Å². The Hall–Kier alpha value is -2.26. The highest BCUT2D eigenvalue weighted by molar-refractivity contribution is 7.97. The molecule has 0 radical (unpaired) electrons. The molecule has 1 saturated heterocycles. The molecule has 0 N–H and O–H groups in total. The van der Waals surface area contributed by atoms with Crippen LogP contribution in [0.2, 0.25) is 0 Å². The first-order valence-electron chi connectivity index (χ1n) is 13.0. The lowest BCUT2D eigenvalue weighted by Gasteiger charge is -2.36. The van der Waals surface area contributed by atoms with Crippen molar-refractivity contribution in [1.82, 2.24) is 14.1 Å². The highest BCUT2D eigenvalue weighted by Crippen LogP contribution is 2.31. The van der Waals surface area contributed by atoms with Crippen molar-refractivity contribution >= 4 is 23.5 Å². The first-order valence-corrected chi connectivity index (χ1v) is 13.8. The van der Waals surface area contributed by atoms with Crippen LogP contribution < -0.4 is 9.64 Å². The fourth-order valence-electron chi connectivity index (χ4n) is 4.65. The standard InChI is InChI=1S/C29H44N4O3S/c1-22-18-27(35-7)19-23(2)29(22)37-32(6)16-17-36-21-28(34)31(5)20-24-8-10-26(11-9-24)33-14-12-25(13-15-33)30(3)4/h8-11,18-19,25H,12-17,20-21H2,1-7H3. The number of rotatable bonds is 12. The van der Waals surface area contributed by atoms with Crippen LogP contribution in [-0.2, 0) is 16.1 Å². The topological polar surface area (TPSA) is 48.5 Å². The number of anilines is 1. The number of piperidine rings is 1. The van der Waals surface area contributed by atoms with Gasteiger partial charge in [0.15, 0.2) is 0 Å². The van der Waals surface area contributed by atoms with Gasteiger partial charge in [-0.1, -0.05) is 12.1 Å². The lowest BCUT2D eigenvalue weighted by molar-refractivity contribution is -0.135. The molecule has 1 aliphatic rings. The van der Waals surface area contributed by atoms with E-state index in [1.165, 1.54) is 34.6 Å². The van der Waals surface area contributed by atoms with Gasteiger partial charge in [-0.15, -0.1) is 0 Å². The van der Waals surface area contributed by atoms with E-state index < -0.39 is 0 Å². The van der Waals surface area contributed by atoms with Crippen LogP contribution in [0.4, 0.5) is 5.69 Å². The molecule has 0 spiro atoms. The van der Waals surface area contributed by atoms with Gasteiger partial charge in [-0.25, -0.2) is 4.31 Å². The van der Waals surface area contributed by atoms with Crippen molar-refractivity contribution in [2.75, 3.05) is 73.0 Å². The Kier molecular flexibility index (Phi) is 11.1. The lowest BCUT2D eigenvalue weighted by atomic mass is 10.0. The maximum Gasteiger partial charge on any atom is 0.248 e. The van der Waals surface area contributed by atoms with Crippen LogP contribution in [0.25, 0.3) is 0 Å². The number of aryl methyl sites for hydroxylation is 2. The Bertz CT molecular complexity index is 984. The summed E-state index contributed by atoms with van der Waals surface area (Å²) in [6.07, 6.45) is 2.39. The van der Waals surface area contributed by atoms with Gasteiger partial charge in [0.25, 0.3) is 0 Å². The Morgan fingerprint density at radius 1 is 1.03 bits per heavy atom. The minimum Gasteiger partial charge on any atom is -0.497 e. The normalized spacial score (nSPS) is 14.5. The number of amides is 1. The maximum absolute atomic E-state index is 12.6.